The Labute approximate surface area is 198 Å². The Balaban J connectivity index is 1.52. The lowest BCUT2D eigenvalue weighted by molar-refractivity contribution is -0.194. The van der Waals surface area contributed by atoms with Crippen molar-refractivity contribution in [3.8, 4) is 0 Å². The van der Waals surface area contributed by atoms with Crippen LogP contribution in [0.5, 0.6) is 0 Å². The monoisotopic (exact) mass is 472 g/mol. The predicted molar refractivity (Wildman–Crippen MR) is 127 cm³/mol. The van der Waals surface area contributed by atoms with Crippen molar-refractivity contribution in [2.45, 2.75) is 31.2 Å². The molecule has 9 heteroatoms. The fourth-order valence-corrected chi connectivity index (χ4v) is 4.52. The van der Waals surface area contributed by atoms with Gasteiger partial charge in [-0.3, -0.25) is 4.79 Å². The van der Waals surface area contributed by atoms with Gasteiger partial charge in [-0.2, -0.15) is 0 Å². The molecule has 1 atom stereocenters. The van der Waals surface area contributed by atoms with E-state index in [1.807, 2.05) is 12.1 Å². The van der Waals surface area contributed by atoms with Crippen molar-refractivity contribution in [3.05, 3.63) is 58.6 Å². The van der Waals surface area contributed by atoms with Gasteiger partial charge in [0.05, 0.1) is 6.54 Å². The number of nitrogens with one attached hydrogen (secondary N) is 2. The average Bonchev–Trinajstić information content (AvgIpc) is 3.22. The number of urea groups is 1. The quantitative estimate of drug-likeness (QED) is 0.650. The highest BCUT2D eigenvalue weighted by Crippen LogP contribution is 2.32. The van der Waals surface area contributed by atoms with Gasteiger partial charge >= 0.3 is 6.03 Å². The van der Waals surface area contributed by atoms with Crippen LogP contribution in [0.25, 0.3) is 0 Å². The number of carbonyl (C=O) groups is 2. The molecule has 0 bridgehead atoms. The molecule has 1 unspecified atom stereocenters. The topological polar surface area (TPSA) is 83.1 Å². The maximum absolute atomic E-state index is 13.3. The SMILES string of the molecule is COC1(OC)CC(C(=O)Nc2ccc3c(c2)CCN(C)C3)N(C(=O)Nc2ccc(Cl)cc2)C1. The Morgan fingerprint density at radius 3 is 2.42 bits per heavy atom. The number of anilines is 2. The van der Waals surface area contributed by atoms with Gasteiger partial charge in [-0.05, 0) is 61.0 Å². The Bertz CT molecular complexity index is 1030. The van der Waals surface area contributed by atoms with Crippen LogP contribution >= 0.6 is 11.6 Å². The summed E-state index contributed by atoms with van der Waals surface area (Å²) in [5.74, 6) is -1.34. The molecule has 2 aliphatic rings. The largest absolute Gasteiger partial charge is 0.351 e. The molecule has 2 aliphatic heterocycles. The summed E-state index contributed by atoms with van der Waals surface area (Å²) in [6.45, 7) is 2.00. The molecule has 33 heavy (non-hydrogen) atoms. The smallest absolute Gasteiger partial charge is 0.322 e. The van der Waals surface area contributed by atoms with E-state index in [0.29, 0.717) is 16.4 Å². The fraction of sp³-hybridized carbons (Fsp3) is 0.417. The zero-order valence-corrected chi connectivity index (χ0v) is 19.8. The minimum absolute atomic E-state index is 0.119. The lowest BCUT2D eigenvalue weighted by atomic mass is 9.99. The predicted octanol–water partition coefficient (Wildman–Crippen LogP) is 3.56. The molecule has 2 aromatic carbocycles. The number of likely N-dealkylation sites (N-methyl/N-ethyl adjacent to an activating group) is 1. The summed E-state index contributed by atoms with van der Waals surface area (Å²) < 4.78 is 11.1. The van der Waals surface area contributed by atoms with Gasteiger partial charge in [-0.15, -0.1) is 0 Å². The third-order valence-corrected chi connectivity index (χ3v) is 6.62. The molecule has 0 radical (unpaired) electrons. The summed E-state index contributed by atoms with van der Waals surface area (Å²) >= 11 is 5.93. The lowest BCUT2D eigenvalue weighted by Gasteiger charge is -2.26. The Kier molecular flexibility index (Phi) is 6.90. The van der Waals surface area contributed by atoms with Crippen molar-refractivity contribution in [2.75, 3.05) is 45.0 Å². The first kappa shape index (κ1) is 23.5. The third-order valence-electron chi connectivity index (χ3n) is 6.37. The van der Waals surface area contributed by atoms with E-state index in [-0.39, 0.29) is 18.9 Å². The minimum atomic E-state index is -1.06. The van der Waals surface area contributed by atoms with Gasteiger partial charge in [0, 0.05) is 50.1 Å². The summed E-state index contributed by atoms with van der Waals surface area (Å²) in [5.41, 5.74) is 3.80. The second kappa shape index (κ2) is 9.69. The van der Waals surface area contributed by atoms with Crippen LogP contribution < -0.4 is 10.6 Å². The third kappa shape index (κ3) is 5.14. The van der Waals surface area contributed by atoms with Crippen LogP contribution in [0.3, 0.4) is 0 Å². The molecule has 3 amide bonds. The van der Waals surface area contributed by atoms with Crippen LogP contribution in [0, 0.1) is 0 Å². The second-order valence-electron chi connectivity index (χ2n) is 8.56. The molecule has 1 saturated heterocycles. The first-order chi connectivity index (χ1) is 15.8. The average molecular weight is 473 g/mol. The van der Waals surface area contributed by atoms with Crippen molar-refractivity contribution in [1.29, 1.82) is 0 Å². The molecular formula is C24H29ClN4O4. The number of ether oxygens (including phenoxy) is 2. The number of fused-ring (bicyclic) bond motifs is 1. The number of rotatable bonds is 5. The van der Waals surface area contributed by atoms with Gasteiger partial charge in [0.2, 0.25) is 5.91 Å². The summed E-state index contributed by atoms with van der Waals surface area (Å²) in [5, 5.41) is 6.38. The van der Waals surface area contributed by atoms with E-state index in [1.54, 1.807) is 24.3 Å². The van der Waals surface area contributed by atoms with Crippen molar-refractivity contribution in [2.24, 2.45) is 0 Å². The molecule has 0 saturated carbocycles. The first-order valence-corrected chi connectivity index (χ1v) is 11.2. The lowest BCUT2D eigenvalue weighted by Crippen LogP contribution is -2.45. The summed E-state index contributed by atoms with van der Waals surface area (Å²) in [4.78, 5) is 30.1. The molecule has 1 fully saturated rings. The summed E-state index contributed by atoms with van der Waals surface area (Å²) in [6, 6.07) is 11.6. The van der Waals surface area contributed by atoms with Gasteiger partial charge in [0.25, 0.3) is 0 Å². The number of methoxy groups -OCH3 is 2. The van der Waals surface area contributed by atoms with E-state index in [9.17, 15) is 9.59 Å². The molecule has 2 heterocycles. The molecule has 0 aliphatic carbocycles. The number of carbonyl (C=O) groups excluding carboxylic acids is 2. The zero-order chi connectivity index (χ0) is 23.6. The number of halogens is 1. The zero-order valence-electron chi connectivity index (χ0n) is 19.1. The molecule has 0 spiro atoms. The normalized spacial score (nSPS) is 19.8. The second-order valence-corrected chi connectivity index (χ2v) is 9.00. The van der Waals surface area contributed by atoms with Gasteiger partial charge < -0.3 is 29.9 Å². The molecule has 4 rings (SSSR count). The molecular weight excluding hydrogens is 444 g/mol. The minimum Gasteiger partial charge on any atom is -0.351 e. The van der Waals surface area contributed by atoms with Crippen molar-refractivity contribution in [1.82, 2.24) is 9.80 Å². The molecule has 8 nitrogen and oxygen atoms in total. The number of likely N-dealkylation sites (tertiary alicyclic amines) is 1. The Morgan fingerprint density at radius 2 is 1.73 bits per heavy atom. The van der Waals surface area contributed by atoms with Crippen LogP contribution in [-0.2, 0) is 27.2 Å². The van der Waals surface area contributed by atoms with Crippen LogP contribution in [-0.4, -0.2) is 67.9 Å². The maximum Gasteiger partial charge on any atom is 0.322 e. The summed E-state index contributed by atoms with van der Waals surface area (Å²) in [6.07, 6.45) is 1.15. The Morgan fingerprint density at radius 1 is 1.03 bits per heavy atom. The molecule has 2 aromatic rings. The van der Waals surface area contributed by atoms with E-state index < -0.39 is 17.9 Å². The standard InChI is InChI=1S/C24H29ClN4O4/c1-28-11-10-16-12-20(7-4-17(16)14-28)26-22(30)21-13-24(32-2,33-3)15-29(21)23(31)27-19-8-5-18(25)6-9-19/h4-9,12,21H,10-11,13-15H2,1-3H3,(H,26,30)(H,27,31). The molecule has 2 N–H and O–H groups in total. The highest BCUT2D eigenvalue weighted by atomic mass is 35.5. The van der Waals surface area contributed by atoms with Gasteiger partial charge in [0.15, 0.2) is 5.79 Å². The van der Waals surface area contributed by atoms with E-state index >= 15 is 0 Å². The molecule has 0 aromatic heterocycles. The highest BCUT2D eigenvalue weighted by molar-refractivity contribution is 6.30. The van der Waals surface area contributed by atoms with Crippen LogP contribution in [0.1, 0.15) is 17.5 Å². The van der Waals surface area contributed by atoms with E-state index in [0.717, 1.165) is 19.5 Å². The van der Waals surface area contributed by atoms with Crippen molar-refractivity contribution < 1.29 is 19.1 Å². The van der Waals surface area contributed by atoms with Crippen molar-refractivity contribution in [3.63, 3.8) is 0 Å². The van der Waals surface area contributed by atoms with Crippen molar-refractivity contribution >= 4 is 34.9 Å². The fourth-order valence-electron chi connectivity index (χ4n) is 4.39. The number of amides is 3. The van der Waals surface area contributed by atoms with E-state index in [2.05, 4.69) is 28.6 Å². The number of hydrogen-bond acceptors (Lipinski definition) is 5. The van der Waals surface area contributed by atoms with Gasteiger partial charge in [-0.1, -0.05) is 17.7 Å². The Hall–Kier alpha value is -2.65. The maximum atomic E-state index is 13.3. The first-order valence-electron chi connectivity index (χ1n) is 10.9. The van der Waals surface area contributed by atoms with Crippen LogP contribution in [0.15, 0.2) is 42.5 Å². The molecule has 176 valence electrons. The summed E-state index contributed by atoms with van der Waals surface area (Å²) in [7, 11) is 5.12. The van der Waals surface area contributed by atoms with E-state index in [1.165, 1.54) is 30.2 Å². The number of benzene rings is 2. The highest BCUT2D eigenvalue weighted by Gasteiger charge is 2.50. The number of hydrogen-bond donors (Lipinski definition) is 2. The van der Waals surface area contributed by atoms with Crippen LogP contribution in [0.2, 0.25) is 5.02 Å². The van der Waals surface area contributed by atoms with E-state index in [4.69, 9.17) is 21.1 Å². The number of nitrogens with zero attached hydrogens (tertiary/aromatic N) is 2. The van der Waals surface area contributed by atoms with Gasteiger partial charge in [0.1, 0.15) is 6.04 Å². The van der Waals surface area contributed by atoms with Gasteiger partial charge in [-0.25, -0.2) is 4.79 Å². The van der Waals surface area contributed by atoms with Crippen LogP contribution in [0.4, 0.5) is 16.2 Å².